The minimum Gasteiger partial charge on any atom is -0.439 e. The molecule has 1 heterocycles. The highest BCUT2D eigenvalue weighted by molar-refractivity contribution is 5.90. The van der Waals surface area contributed by atoms with Gasteiger partial charge in [0.1, 0.15) is 17.2 Å². The Balaban J connectivity index is 2.96. The summed E-state index contributed by atoms with van der Waals surface area (Å²) in [5.41, 5.74) is 7.67. The summed E-state index contributed by atoms with van der Waals surface area (Å²) in [6, 6.07) is 7.67. The molecule has 0 unspecified atom stereocenters. The van der Waals surface area contributed by atoms with Gasteiger partial charge in [-0.25, -0.2) is 0 Å². The molecule has 0 atom stereocenters. The highest BCUT2D eigenvalue weighted by Crippen LogP contribution is 2.28. The number of benzene rings is 1. The van der Waals surface area contributed by atoms with Crippen LogP contribution in [-0.2, 0) is 0 Å². The molecule has 2 N–H and O–H groups in total. The lowest BCUT2D eigenvalue weighted by Gasteiger charge is -1.91. The zero-order chi connectivity index (χ0) is 9.42. The summed E-state index contributed by atoms with van der Waals surface area (Å²) in [6.45, 7) is 1.92. The Morgan fingerprint density at radius 2 is 2.23 bits per heavy atom. The van der Waals surface area contributed by atoms with E-state index in [9.17, 15) is 0 Å². The number of hydrogen-bond acceptors (Lipinski definition) is 3. The van der Waals surface area contributed by atoms with E-state index in [-0.39, 0.29) is 5.88 Å². The molecule has 64 valence electrons. The number of furan rings is 1. The van der Waals surface area contributed by atoms with Crippen LogP contribution in [0.2, 0.25) is 0 Å². The van der Waals surface area contributed by atoms with Crippen LogP contribution in [0.1, 0.15) is 11.1 Å². The van der Waals surface area contributed by atoms with E-state index in [2.05, 4.69) is 0 Å². The standard InChI is InChI=1S/C10H8N2O/c1-6-3-2-4-7-8(5-11)10(12)13-9(6)7/h2-4H,12H2,1H3. The van der Waals surface area contributed by atoms with Gasteiger partial charge in [-0.2, -0.15) is 5.26 Å². The van der Waals surface area contributed by atoms with Gasteiger partial charge in [-0.15, -0.1) is 0 Å². The van der Waals surface area contributed by atoms with Crippen LogP contribution in [0.25, 0.3) is 11.0 Å². The summed E-state index contributed by atoms with van der Waals surface area (Å²) in [4.78, 5) is 0. The fourth-order valence-electron chi connectivity index (χ4n) is 1.39. The summed E-state index contributed by atoms with van der Waals surface area (Å²) in [7, 11) is 0. The number of rotatable bonds is 0. The normalized spacial score (nSPS) is 10.2. The van der Waals surface area contributed by atoms with Crippen molar-refractivity contribution in [3.63, 3.8) is 0 Å². The van der Waals surface area contributed by atoms with Crippen LogP contribution in [0.5, 0.6) is 0 Å². The van der Waals surface area contributed by atoms with E-state index < -0.39 is 0 Å². The summed E-state index contributed by atoms with van der Waals surface area (Å²) in [6.07, 6.45) is 0. The first-order valence-electron chi connectivity index (χ1n) is 3.91. The van der Waals surface area contributed by atoms with Gasteiger partial charge in [-0.3, -0.25) is 0 Å². The number of nitriles is 1. The third-order valence-electron chi connectivity index (χ3n) is 2.05. The maximum absolute atomic E-state index is 8.81. The molecule has 2 rings (SSSR count). The minimum absolute atomic E-state index is 0.201. The quantitative estimate of drug-likeness (QED) is 0.662. The van der Waals surface area contributed by atoms with Gasteiger partial charge < -0.3 is 10.2 Å². The smallest absolute Gasteiger partial charge is 0.209 e. The first-order valence-corrected chi connectivity index (χ1v) is 3.91. The first-order chi connectivity index (χ1) is 6.24. The summed E-state index contributed by atoms with van der Waals surface area (Å²) >= 11 is 0. The van der Waals surface area contributed by atoms with E-state index in [1.54, 1.807) is 0 Å². The maximum Gasteiger partial charge on any atom is 0.209 e. The average molecular weight is 172 g/mol. The Labute approximate surface area is 75.4 Å². The number of fused-ring (bicyclic) bond motifs is 1. The zero-order valence-electron chi connectivity index (χ0n) is 7.16. The number of aryl methyl sites for hydroxylation is 1. The van der Waals surface area contributed by atoms with Gasteiger partial charge in [0.2, 0.25) is 5.88 Å². The molecule has 3 nitrogen and oxygen atoms in total. The van der Waals surface area contributed by atoms with Crippen LogP contribution in [0.3, 0.4) is 0 Å². The second kappa shape index (κ2) is 2.53. The van der Waals surface area contributed by atoms with Crippen LogP contribution in [0.15, 0.2) is 22.6 Å². The number of nitrogen functional groups attached to an aromatic ring is 1. The number of nitrogens with zero attached hydrogens (tertiary/aromatic N) is 1. The van der Waals surface area contributed by atoms with Crippen LogP contribution in [0.4, 0.5) is 5.88 Å². The minimum atomic E-state index is 0.201. The van der Waals surface area contributed by atoms with Crippen molar-refractivity contribution in [2.75, 3.05) is 5.73 Å². The average Bonchev–Trinajstić information content (AvgIpc) is 2.43. The fraction of sp³-hybridized carbons (Fsp3) is 0.100. The van der Waals surface area contributed by atoms with Crippen molar-refractivity contribution < 1.29 is 4.42 Å². The Kier molecular flexibility index (Phi) is 1.49. The van der Waals surface area contributed by atoms with E-state index in [0.29, 0.717) is 11.1 Å². The third kappa shape index (κ3) is 0.960. The third-order valence-corrected chi connectivity index (χ3v) is 2.05. The van der Waals surface area contributed by atoms with Gasteiger partial charge in [-0.05, 0) is 18.6 Å². The summed E-state index contributed by atoms with van der Waals surface area (Å²) < 4.78 is 5.28. The highest BCUT2D eigenvalue weighted by Gasteiger charge is 2.11. The highest BCUT2D eigenvalue weighted by atomic mass is 16.3. The number of nitrogens with two attached hydrogens (primary N) is 1. The van der Waals surface area contributed by atoms with Gasteiger partial charge in [0, 0.05) is 5.39 Å². The van der Waals surface area contributed by atoms with Gasteiger partial charge in [0.15, 0.2) is 0 Å². The fourth-order valence-corrected chi connectivity index (χ4v) is 1.39. The maximum atomic E-state index is 8.81. The van der Waals surface area contributed by atoms with Crippen molar-refractivity contribution >= 4 is 16.9 Å². The molecule has 1 aromatic heterocycles. The van der Waals surface area contributed by atoms with E-state index in [4.69, 9.17) is 15.4 Å². The van der Waals surface area contributed by atoms with Crippen LogP contribution >= 0.6 is 0 Å². The van der Waals surface area contributed by atoms with Crippen LogP contribution in [0, 0.1) is 18.3 Å². The molecule has 0 spiro atoms. The van der Waals surface area contributed by atoms with E-state index in [1.807, 2.05) is 31.2 Å². The van der Waals surface area contributed by atoms with E-state index >= 15 is 0 Å². The molecule has 0 fully saturated rings. The molecule has 0 aliphatic rings. The molecule has 2 aromatic rings. The molecular weight excluding hydrogens is 164 g/mol. The van der Waals surface area contributed by atoms with Gasteiger partial charge >= 0.3 is 0 Å². The lowest BCUT2D eigenvalue weighted by Crippen LogP contribution is -1.82. The number of hydrogen-bond donors (Lipinski definition) is 1. The zero-order valence-corrected chi connectivity index (χ0v) is 7.16. The van der Waals surface area contributed by atoms with Crippen LogP contribution in [-0.4, -0.2) is 0 Å². The molecule has 0 aliphatic carbocycles. The second-order valence-electron chi connectivity index (χ2n) is 2.90. The molecule has 0 amide bonds. The lowest BCUT2D eigenvalue weighted by atomic mass is 10.1. The molecule has 0 radical (unpaired) electrons. The largest absolute Gasteiger partial charge is 0.439 e. The Morgan fingerprint density at radius 3 is 2.92 bits per heavy atom. The number of para-hydroxylation sites is 1. The first kappa shape index (κ1) is 7.69. The molecule has 13 heavy (non-hydrogen) atoms. The van der Waals surface area contributed by atoms with Crippen molar-refractivity contribution in [3.05, 3.63) is 29.3 Å². The predicted octanol–water partition coefficient (Wildman–Crippen LogP) is 2.20. The molecule has 0 aliphatic heterocycles. The predicted molar refractivity (Wildman–Crippen MR) is 50.1 cm³/mol. The molecule has 3 heteroatoms. The van der Waals surface area contributed by atoms with Crippen molar-refractivity contribution in [2.24, 2.45) is 0 Å². The summed E-state index contributed by atoms with van der Waals surface area (Å²) in [5.74, 6) is 0.201. The van der Waals surface area contributed by atoms with E-state index in [1.165, 1.54) is 0 Å². The Hall–Kier alpha value is -1.95. The number of anilines is 1. The SMILES string of the molecule is Cc1cccc2c(C#N)c(N)oc12. The molecule has 1 aromatic carbocycles. The van der Waals surface area contributed by atoms with Gasteiger partial charge in [-0.1, -0.05) is 12.1 Å². The topological polar surface area (TPSA) is 63.0 Å². The van der Waals surface area contributed by atoms with E-state index in [0.717, 1.165) is 10.9 Å². The Morgan fingerprint density at radius 1 is 1.46 bits per heavy atom. The van der Waals surface area contributed by atoms with Crippen molar-refractivity contribution in [2.45, 2.75) is 6.92 Å². The molecule has 0 saturated carbocycles. The van der Waals surface area contributed by atoms with Gasteiger partial charge in [0.25, 0.3) is 0 Å². The lowest BCUT2D eigenvalue weighted by molar-refractivity contribution is 0.633. The Bertz CT molecular complexity index is 505. The molecular formula is C10H8N2O. The monoisotopic (exact) mass is 172 g/mol. The van der Waals surface area contributed by atoms with Crippen molar-refractivity contribution in [3.8, 4) is 6.07 Å². The summed E-state index contributed by atoms with van der Waals surface area (Å²) in [5, 5.41) is 9.60. The molecule has 0 bridgehead atoms. The van der Waals surface area contributed by atoms with Crippen LogP contribution < -0.4 is 5.73 Å². The molecule has 0 saturated heterocycles. The van der Waals surface area contributed by atoms with Crippen molar-refractivity contribution in [1.29, 1.82) is 5.26 Å². The van der Waals surface area contributed by atoms with Gasteiger partial charge in [0.05, 0.1) is 0 Å². The second-order valence-corrected chi connectivity index (χ2v) is 2.90. The van der Waals surface area contributed by atoms with Crippen molar-refractivity contribution in [1.82, 2.24) is 0 Å².